The molecule has 0 aromatic heterocycles. The number of hydrogen-bond acceptors (Lipinski definition) is 2. The minimum atomic E-state index is 0.685. The Kier molecular flexibility index (Phi) is 3.01. The van der Waals surface area contributed by atoms with Gasteiger partial charge in [0.05, 0.1) is 10.7 Å². The summed E-state index contributed by atoms with van der Waals surface area (Å²) in [6, 6.07) is 7.15. The SMILES string of the molecule is NCCc1ccc(N2CC3CCC2C3)c(Cl)c1. The summed E-state index contributed by atoms with van der Waals surface area (Å²) in [4.78, 5) is 2.50. The zero-order valence-electron chi connectivity index (χ0n) is 10.0. The van der Waals surface area contributed by atoms with Gasteiger partial charge in [-0.3, -0.25) is 0 Å². The Bertz CT molecular complexity index is 419. The summed E-state index contributed by atoms with van der Waals surface area (Å²) in [7, 11) is 0. The average Bonchev–Trinajstić information content (AvgIpc) is 2.91. The van der Waals surface area contributed by atoms with Gasteiger partial charge >= 0.3 is 0 Å². The normalized spacial score (nSPS) is 26.8. The van der Waals surface area contributed by atoms with Crippen molar-refractivity contribution in [3.8, 4) is 0 Å². The lowest BCUT2D eigenvalue weighted by molar-refractivity contribution is 0.553. The molecule has 2 nitrogen and oxygen atoms in total. The van der Waals surface area contributed by atoms with Gasteiger partial charge in [-0.15, -0.1) is 0 Å². The topological polar surface area (TPSA) is 29.3 Å². The third-order valence-corrected chi connectivity index (χ3v) is 4.47. The average molecular weight is 251 g/mol. The van der Waals surface area contributed by atoms with Crippen molar-refractivity contribution in [2.75, 3.05) is 18.0 Å². The van der Waals surface area contributed by atoms with Gasteiger partial charge in [0, 0.05) is 12.6 Å². The Hall–Kier alpha value is -0.730. The number of hydrogen-bond donors (Lipinski definition) is 1. The molecule has 17 heavy (non-hydrogen) atoms. The molecule has 2 aliphatic rings. The predicted octanol–water partition coefficient (Wildman–Crippen LogP) is 2.83. The highest BCUT2D eigenvalue weighted by Crippen LogP contribution is 2.42. The third kappa shape index (κ3) is 2.04. The number of piperidine rings is 1. The van der Waals surface area contributed by atoms with Crippen LogP contribution in [0.25, 0.3) is 0 Å². The number of fused-ring (bicyclic) bond motifs is 2. The molecule has 0 radical (unpaired) electrons. The van der Waals surface area contributed by atoms with Crippen molar-refractivity contribution in [1.82, 2.24) is 0 Å². The number of nitrogens with two attached hydrogens (primary N) is 1. The van der Waals surface area contributed by atoms with Gasteiger partial charge in [0.2, 0.25) is 0 Å². The molecule has 1 aromatic rings. The van der Waals surface area contributed by atoms with E-state index in [1.807, 2.05) is 0 Å². The Labute approximate surface area is 108 Å². The van der Waals surface area contributed by atoms with Crippen molar-refractivity contribution in [2.24, 2.45) is 11.7 Å². The fraction of sp³-hybridized carbons (Fsp3) is 0.571. The van der Waals surface area contributed by atoms with Gasteiger partial charge in [-0.1, -0.05) is 17.7 Å². The van der Waals surface area contributed by atoms with E-state index in [0.717, 1.165) is 23.4 Å². The maximum atomic E-state index is 6.40. The van der Waals surface area contributed by atoms with E-state index in [0.29, 0.717) is 6.54 Å². The standard InChI is InChI=1S/C14H19ClN2/c15-13-8-10(5-6-16)2-4-14(13)17-9-11-1-3-12(17)7-11/h2,4,8,11-12H,1,3,5-7,9,16H2. The number of benzene rings is 1. The van der Waals surface area contributed by atoms with Crippen molar-refractivity contribution in [3.05, 3.63) is 28.8 Å². The summed E-state index contributed by atoms with van der Waals surface area (Å²) in [5.74, 6) is 0.903. The van der Waals surface area contributed by atoms with Crippen LogP contribution in [0.4, 0.5) is 5.69 Å². The Morgan fingerprint density at radius 3 is 2.82 bits per heavy atom. The fourth-order valence-corrected chi connectivity index (χ4v) is 3.64. The molecule has 2 atom stereocenters. The molecular weight excluding hydrogens is 232 g/mol. The molecule has 1 aromatic carbocycles. The number of halogens is 1. The van der Waals surface area contributed by atoms with Crippen molar-refractivity contribution in [3.63, 3.8) is 0 Å². The predicted molar refractivity (Wildman–Crippen MR) is 72.7 cm³/mol. The van der Waals surface area contributed by atoms with Crippen LogP contribution in [-0.2, 0) is 6.42 Å². The van der Waals surface area contributed by atoms with Crippen LogP contribution in [0.5, 0.6) is 0 Å². The first-order valence-electron chi connectivity index (χ1n) is 6.53. The fourth-order valence-electron chi connectivity index (χ4n) is 3.33. The Morgan fingerprint density at radius 2 is 2.24 bits per heavy atom. The molecule has 2 unspecified atom stereocenters. The summed E-state index contributed by atoms with van der Waals surface area (Å²) >= 11 is 6.40. The summed E-state index contributed by atoms with van der Waals surface area (Å²) < 4.78 is 0. The van der Waals surface area contributed by atoms with Gasteiger partial charge in [-0.05, 0) is 55.8 Å². The molecule has 2 fully saturated rings. The largest absolute Gasteiger partial charge is 0.367 e. The molecular formula is C14H19ClN2. The lowest BCUT2D eigenvalue weighted by Gasteiger charge is -2.30. The molecule has 92 valence electrons. The van der Waals surface area contributed by atoms with Gasteiger partial charge < -0.3 is 10.6 Å². The quantitative estimate of drug-likeness (QED) is 0.894. The first-order valence-corrected chi connectivity index (χ1v) is 6.91. The van der Waals surface area contributed by atoms with Crippen LogP contribution in [0.15, 0.2) is 18.2 Å². The minimum absolute atomic E-state index is 0.685. The van der Waals surface area contributed by atoms with Gasteiger partial charge in [0.25, 0.3) is 0 Å². The summed E-state index contributed by atoms with van der Waals surface area (Å²) in [5, 5.41) is 0.892. The molecule has 1 saturated heterocycles. The van der Waals surface area contributed by atoms with Gasteiger partial charge in [0.1, 0.15) is 0 Å². The lowest BCUT2D eigenvalue weighted by atomic mass is 10.1. The summed E-state index contributed by atoms with van der Waals surface area (Å²) in [5.41, 5.74) is 8.03. The second-order valence-corrected chi connectivity index (χ2v) is 5.72. The van der Waals surface area contributed by atoms with Crippen LogP contribution in [0.2, 0.25) is 5.02 Å². The van der Waals surface area contributed by atoms with Gasteiger partial charge in [0.15, 0.2) is 0 Å². The van der Waals surface area contributed by atoms with Crippen molar-refractivity contribution < 1.29 is 0 Å². The molecule has 3 heteroatoms. The maximum absolute atomic E-state index is 6.40. The van der Waals surface area contributed by atoms with Crippen molar-refractivity contribution >= 4 is 17.3 Å². The number of anilines is 1. The summed E-state index contributed by atoms with van der Waals surface area (Å²) in [6.07, 6.45) is 5.02. The second-order valence-electron chi connectivity index (χ2n) is 5.31. The van der Waals surface area contributed by atoms with Crippen LogP contribution in [0.3, 0.4) is 0 Å². The van der Waals surface area contributed by atoms with E-state index in [2.05, 4.69) is 23.1 Å². The van der Waals surface area contributed by atoms with E-state index in [4.69, 9.17) is 17.3 Å². The first kappa shape index (κ1) is 11.4. The van der Waals surface area contributed by atoms with Crippen LogP contribution in [0, 0.1) is 5.92 Å². The molecule has 1 aliphatic carbocycles. The van der Waals surface area contributed by atoms with Crippen molar-refractivity contribution in [2.45, 2.75) is 31.7 Å². The molecule has 1 aliphatic heterocycles. The highest BCUT2D eigenvalue weighted by atomic mass is 35.5. The summed E-state index contributed by atoms with van der Waals surface area (Å²) in [6.45, 7) is 1.88. The Morgan fingerprint density at radius 1 is 1.35 bits per heavy atom. The first-order chi connectivity index (χ1) is 8.28. The Balaban J connectivity index is 1.83. The lowest BCUT2D eigenvalue weighted by Crippen LogP contribution is -2.32. The zero-order chi connectivity index (χ0) is 11.8. The van der Waals surface area contributed by atoms with Crippen LogP contribution < -0.4 is 10.6 Å². The third-order valence-electron chi connectivity index (χ3n) is 4.16. The molecule has 1 heterocycles. The smallest absolute Gasteiger partial charge is 0.0642 e. The molecule has 2 bridgehead atoms. The maximum Gasteiger partial charge on any atom is 0.0642 e. The van der Waals surface area contributed by atoms with E-state index in [1.165, 1.54) is 37.1 Å². The van der Waals surface area contributed by atoms with E-state index < -0.39 is 0 Å². The van der Waals surface area contributed by atoms with Crippen molar-refractivity contribution in [1.29, 1.82) is 0 Å². The van der Waals surface area contributed by atoms with Crippen LogP contribution in [0.1, 0.15) is 24.8 Å². The molecule has 2 N–H and O–H groups in total. The minimum Gasteiger partial charge on any atom is -0.367 e. The molecule has 0 amide bonds. The monoisotopic (exact) mass is 250 g/mol. The van der Waals surface area contributed by atoms with Crippen LogP contribution in [-0.4, -0.2) is 19.1 Å². The van der Waals surface area contributed by atoms with E-state index >= 15 is 0 Å². The van der Waals surface area contributed by atoms with Gasteiger partial charge in [-0.25, -0.2) is 0 Å². The van der Waals surface area contributed by atoms with E-state index in [9.17, 15) is 0 Å². The second kappa shape index (κ2) is 4.51. The van der Waals surface area contributed by atoms with Gasteiger partial charge in [-0.2, -0.15) is 0 Å². The number of rotatable bonds is 3. The molecule has 3 rings (SSSR count). The van der Waals surface area contributed by atoms with E-state index in [-0.39, 0.29) is 0 Å². The highest BCUT2D eigenvalue weighted by Gasteiger charge is 2.38. The molecule has 1 saturated carbocycles. The van der Waals surface area contributed by atoms with Crippen LogP contribution >= 0.6 is 11.6 Å². The highest BCUT2D eigenvalue weighted by molar-refractivity contribution is 6.33. The van der Waals surface area contributed by atoms with E-state index in [1.54, 1.807) is 0 Å². The molecule has 0 spiro atoms. The zero-order valence-corrected chi connectivity index (χ0v) is 10.8. The number of nitrogens with zero attached hydrogens (tertiary/aromatic N) is 1.